The molecule has 3 N–H and O–H groups in total. The number of amides is 2. The van der Waals surface area contributed by atoms with E-state index in [0.717, 1.165) is 5.56 Å². The van der Waals surface area contributed by atoms with Crippen LogP contribution in [-0.2, 0) is 25.5 Å². The van der Waals surface area contributed by atoms with Gasteiger partial charge in [0.1, 0.15) is 12.6 Å². The lowest BCUT2D eigenvalue weighted by molar-refractivity contribution is -0.129. The van der Waals surface area contributed by atoms with Crippen LogP contribution in [0.3, 0.4) is 0 Å². The van der Waals surface area contributed by atoms with Gasteiger partial charge in [0.05, 0.1) is 11.5 Å². The Bertz CT molecular complexity index is 632. The van der Waals surface area contributed by atoms with E-state index in [1.165, 1.54) is 0 Å². The van der Waals surface area contributed by atoms with Crippen molar-refractivity contribution in [3.63, 3.8) is 0 Å². The third-order valence-corrected chi connectivity index (χ3v) is 4.81. The van der Waals surface area contributed by atoms with Gasteiger partial charge in [0, 0.05) is 6.42 Å². The van der Waals surface area contributed by atoms with E-state index in [-0.39, 0.29) is 30.8 Å². The second-order valence-electron chi connectivity index (χ2n) is 6.86. The number of carbonyl (C=O) groups is 3. The van der Waals surface area contributed by atoms with Gasteiger partial charge in [0.2, 0.25) is 11.8 Å². The largest absolute Gasteiger partial charge is 0.369 e. The highest BCUT2D eigenvalue weighted by molar-refractivity contribution is 5.92. The maximum atomic E-state index is 12.3. The Morgan fingerprint density at radius 1 is 1.32 bits per heavy atom. The van der Waals surface area contributed by atoms with Crippen LogP contribution in [0.4, 0.5) is 0 Å². The summed E-state index contributed by atoms with van der Waals surface area (Å²) in [4.78, 5) is 36.0. The Balaban J connectivity index is 1.95. The van der Waals surface area contributed by atoms with Crippen molar-refractivity contribution in [2.75, 3.05) is 6.61 Å². The molecular formula is C19H26N2O4. The number of rotatable bonds is 8. The minimum Gasteiger partial charge on any atom is -0.369 e. The van der Waals surface area contributed by atoms with Crippen molar-refractivity contribution in [1.82, 2.24) is 5.32 Å². The summed E-state index contributed by atoms with van der Waals surface area (Å²) in [5, 5.41) is 2.74. The van der Waals surface area contributed by atoms with Crippen molar-refractivity contribution in [3.8, 4) is 0 Å². The van der Waals surface area contributed by atoms with Gasteiger partial charge in [-0.2, -0.15) is 0 Å². The van der Waals surface area contributed by atoms with Gasteiger partial charge >= 0.3 is 0 Å². The van der Waals surface area contributed by atoms with Crippen LogP contribution in [0.2, 0.25) is 0 Å². The van der Waals surface area contributed by atoms with Crippen molar-refractivity contribution >= 4 is 17.6 Å². The summed E-state index contributed by atoms with van der Waals surface area (Å²) in [5.41, 5.74) is 5.76. The number of benzene rings is 1. The smallest absolute Gasteiger partial charge is 0.223 e. The lowest BCUT2D eigenvalue weighted by atomic mass is 9.79. The molecule has 1 aliphatic heterocycles. The fraction of sp³-hybridized carbons (Fsp3) is 0.526. The minimum absolute atomic E-state index is 0.0382. The molecule has 25 heavy (non-hydrogen) atoms. The van der Waals surface area contributed by atoms with Crippen LogP contribution in [0.25, 0.3) is 0 Å². The minimum atomic E-state index is -0.820. The summed E-state index contributed by atoms with van der Waals surface area (Å²) >= 11 is 0. The zero-order valence-corrected chi connectivity index (χ0v) is 14.8. The number of ether oxygens (including phenoxy) is 1. The predicted octanol–water partition coefficient (Wildman–Crippen LogP) is 1.36. The molecule has 2 rings (SSSR count). The zero-order chi connectivity index (χ0) is 18.4. The lowest BCUT2D eigenvalue weighted by Crippen LogP contribution is -2.45. The molecule has 6 nitrogen and oxygen atoms in total. The highest BCUT2D eigenvalue weighted by Crippen LogP contribution is 2.28. The Morgan fingerprint density at radius 3 is 2.60 bits per heavy atom. The number of ketones is 1. The van der Waals surface area contributed by atoms with Crippen LogP contribution in [0.15, 0.2) is 30.3 Å². The molecule has 0 bridgehead atoms. The van der Waals surface area contributed by atoms with Crippen LogP contribution in [0.5, 0.6) is 0 Å². The van der Waals surface area contributed by atoms with E-state index >= 15 is 0 Å². The third-order valence-electron chi connectivity index (χ3n) is 4.81. The van der Waals surface area contributed by atoms with E-state index in [2.05, 4.69) is 5.32 Å². The first-order valence-corrected chi connectivity index (χ1v) is 8.63. The number of nitrogens with two attached hydrogens (primary N) is 1. The van der Waals surface area contributed by atoms with Crippen molar-refractivity contribution in [3.05, 3.63) is 35.9 Å². The standard InChI is InChI=1S/C19H26N2O4/c1-3-15-17(14(22)12-25-15)21-16(23)9-10-19(2,18(20)24)11-13-7-5-4-6-8-13/h4-8,15,17H,3,9-12H2,1-2H3,(H2,20,24)(H,21,23)/t15-,17?,19?/m0/s1. The molecule has 1 fully saturated rings. The van der Waals surface area contributed by atoms with Crippen LogP contribution in [0, 0.1) is 5.41 Å². The first-order valence-electron chi connectivity index (χ1n) is 8.63. The topological polar surface area (TPSA) is 98.5 Å². The number of hydrogen-bond donors (Lipinski definition) is 2. The lowest BCUT2D eigenvalue weighted by Gasteiger charge is -2.26. The molecule has 3 atom stereocenters. The Hall–Kier alpha value is -2.21. The van der Waals surface area contributed by atoms with Crippen LogP contribution in [-0.4, -0.2) is 36.4 Å². The van der Waals surface area contributed by atoms with Crippen LogP contribution >= 0.6 is 0 Å². The van der Waals surface area contributed by atoms with Gasteiger partial charge in [-0.15, -0.1) is 0 Å². The number of Topliss-reactive ketones (excluding diaryl/α,β-unsaturated/α-hetero) is 1. The average Bonchev–Trinajstić information content (AvgIpc) is 2.94. The molecule has 0 aliphatic carbocycles. The molecule has 0 aromatic heterocycles. The van der Waals surface area contributed by atoms with Gasteiger partial charge in [-0.1, -0.05) is 44.2 Å². The first kappa shape index (κ1) is 19.1. The van der Waals surface area contributed by atoms with Crippen LogP contribution in [0.1, 0.15) is 38.7 Å². The zero-order valence-electron chi connectivity index (χ0n) is 14.8. The number of primary amides is 1. The molecule has 6 heteroatoms. The van der Waals surface area contributed by atoms with Crippen molar-refractivity contribution in [2.24, 2.45) is 11.1 Å². The van der Waals surface area contributed by atoms with Gasteiger partial charge in [-0.3, -0.25) is 14.4 Å². The summed E-state index contributed by atoms with van der Waals surface area (Å²) < 4.78 is 5.35. The molecule has 136 valence electrons. The quantitative estimate of drug-likeness (QED) is 0.742. The molecule has 1 aromatic carbocycles. The van der Waals surface area contributed by atoms with E-state index in [9.17, 15) is 14.4 Å². The molecular weight excluding hydrogens is 320 g/mol. The average molecular weight is 346 g/mol. The monoisotopic (exact) mass is 346 g/mol. The third kappa shape index (κ3) is 4.89. The molecule has 0 saturated carbocycles. The maximum absolute atomic E-state index is 12.3. The second kappa shape index (κ2) is 8.25. The van der Waals surface area contributed by atoms with Gasteiger partial charge in [-0.25, -0.2) is 0 Å². The van der Waals surface area contributed by atoms with Crippen LogP contribution < -0.4 is 11.1 Å². The van der Waals surface area contributed by atoms with Gasteiger partial charge in [0.15, 0.2) is 5.78 Å². The first-order chi connectivity index (χ1) is 11.9. The van der Waals surface area contributed by atoms with E-state index in [1.807, 2.05) is 37.3 Å². The number of carbonyl (C=O) groups excluding carboxylic acids is 3. The highest BCUT2D eigenvalue weighted by atomic mass is 16.5. The van der Waals surface area contributed by atoms with Crippen molar-refractivity contribution in [2.45, 2.75) is 51.7 Å². The second-order valence-corrected chi connectivity index (χ2v) is 6.86. The van der Waals surface area contributed by atoms with E-state index < -0.39 is 17.4 Å². The summed E-state index contributed by atoms with van der Waals surface area (Å²) in [6, 6.07) is 8.98. The molecule has 1 saturated heterocycles. The van der Waals surface area contributed by atoms with Crippen molar-refractivity contribution in [1.29, 1.82) is 0 Å². The highest BCUT2D eigenvalue weighted by Gasteiger charge is 2.37. The Kier molecular flexibility index (Phi) is 6.31. The maximum Gasteiger partial charge on any atom is 0.223 e. The summed E-state index contributed by atoms with van der Waals surface area (Å²) in [6.07, 6.45) is 1.31. The SMILES string of the molecule is CC[C@@H]1OCC(=O)C1NC(=O)CCC(C)(Cc1ccccc1)C(N)=O. The van der Waals surface area contributed by atoms with E-state index in [0.29, 0.717) is 19.3 Å². The molecule has 2 unspecified atom stereocenters. The fourth-order valence-corrected chi connectivity index (χ4v) is 3.09. The molecule has 1 aliphatic rings. The molecule has 0 spiro atoms. The van der Waals surface area contributed by atoms with Gasteiger partial charge in [0.25, 0.3) is 0 Å². The van der Waals surface area contributed by atoms with E-state index in [4.69, 9.17) is 10.5 Å². The molecule has 0 radical (unpaired) electrons. The fourth-order valence-electron chi connectivity index (χ4n) is 3.09. The van der Waals surface area contributed by atoms with Gasteiger partial charge in [-0.05, 0) is 24.8 Å². The summed E-state index contributed by atoms with van der Waals surface area (Å²) in [7, 11) is 0. The number of hydrogen-bond acceptors (Lipinski definition) is 4. The Morgan fingerprint density at radius 2 is 2.00 bits per heavy atom. The molecule has 1 aromatic rings. The van der Waals surface area contributed by atoms with Gasteiger partial charge < -0.3 is 15.8 Å². The predicted molar refractivity (Wildman–Crippen MR) is 93.7 cm³/mol. The Labute approximate surface area is 148 Å². The number of nitrogens with one attached hydrogen (secondary N) is 1. The summed E-state index contributed by atoms with van der Waals surface area (Å²) in [5.74, 6) is -0.805. The molecule has 1 heterocycles. The molecule has 2 amide bonds. The normalized spacial score (nSPS) is 22.4. The summed E-state index contributed by atoms with van der Waals surface area (Å²) in [6.45, 7) is 3.72. The van der Waals surface area contributed by atoms with E-state index in [1.54, 1.807) is 6.92 Å². The van der Waals surface area contributed by atoms with Crippen molar-refractivity contribution < 1.29 is 19.1 Å².